The number of rotatable bonds is 3. The number of halogens is 3. The number of aliphatic hydroxyl groups excluding tert-OH is 1. The van der Waals surface area contributed by atoms with Gasteiger partial charge in [-0.3, -0.25) is 0 Å². The maximum Gasteiger partial charge on any atom is 0.416 e. The number of aryl methyl sites for hydroxylation is 1. The molecule has 2 aromatic heterocycles. The summed E-state index contributed by atoms with van der Waals surface area (Å²) in [6, 6.07) is 8.85. The van der Waals surface area contributed by atoms with Crippen LogP contribution in [0.15, 0.2) is 30.3 Å². The highest BCUT2D eigenvalue weighted by Crippen LogP contribution is 2.25. The fourth-order valence-electron chi connectivity index (χ4n) is 2.22. The molecular weight excluding hydrogens is 297 g/mol. The minimum absolute atomic E-state index is 0.284. The number of hydrogen-bond acceptors (Lipinski definition) is 4. The summed E-state index contributed by atoms with van der Waals surface area (Å²) in [4.78, 5) is 4.29. The van der Waals surface area contributed by atoms with Crippen LogP contribution in [0.1, 0.15) is 5.69 Å². The molecule has 1 atom stereocenters. The normalized spacial score (nSPS) is 13.7. The molecule has 0 saturated heterocycles. The molecule has 116 valence electrons. The van der Waals surface area contributed by atoms with Crippen LogP contribution in [0.5, 0.6) is 0 Å². The largest absolute Gasteiger partial charge is 0.416 e. The van der Waals surface area contributed by atoms with Gasteiger partial charge in [-0.2, -0.15) is 18.3 Å². The molecule has 22 heavy (non-hydrogen) atoms. The Hall–Kier alpha value is -2.35. The average Bonchev–Trinajstić information content (AvgIpc) is 2.84. The van der Waals surface area contributed by atoms with Crippen LogP contribution in [0.25, 0.3) is 16.6 Å². The van der Waals surface area contributed by atoms with Gasteiger partial charge in [0.2, 0.25) is 0 Å². The van der Waals surface area contributed by atoms with Crippen molar-refractivity contribution in [1.82, 2.24) is 14.6 Å². The number of fused-ring (bicyclic) bond motifs is 3. The summed E-state index contributed by atoms with van der Waals surface area (Å²) in [5.74, 6) is 0.284. The molecule has 8 heteroatoms. The van der Waals surface area contributed by atoms with Gasteiger partial charge in [-0.1, -0.05) is 12.1 Å². The number of hydrogen-bond donors (Lipinski definition) is 2. The van der Waals surface area contributed by atoms with Crippen LogP contribution < -0.4 is 5.32 Å². The van der Waals surface area contributed by atoms with Gasteiger partial charge in [0, 0.05) is 11.5 Å². The molecule has 0 aliphatic carbocycles. The first-order chi connectivity index (χ1) is 10.4. The molecule has 0 fully saturated rings. The van der Waals surface area contributed by atoms with Gasteiger partial charge in [-0.25, -0.2) is 9.50 Å². The summed E-state index contributed by atoms with van der Waals surface area (Å²) >= 11 is 0. The third kappa shape index (κ3) is 2.57. The number of para-hydroxylation sites is 1. The average molecular weight is 310 g/mol. The molecule has 0 aliphatic heterocycles. The van der Waals surface area contributed by atoms with Crippen LogP contribution in [0.3, 0.4) is 0 Å². The van der Waals surface area contributed by atoms with Crippen molar-refractivity contribution < 1.29 is 18.3 Å². The standard InChI is InChI=1S/C14H13F3N4O/c1-8-6-12-19-13(18-7-11(22)14(15,16)17)9-4-2-3-5-10(9)21(12)20-8/h2-6,11,22H,7H2,1H3,(H,18,19)/t11-/m1/s1. The van der Waals surface area contributed by atoms with Gasteiger partial charge in [0.15, 0.2) is 11.8 Å². The molecule has 2 N–H and O–H groups in total. The van der Waals surface area contributed by atoms with E-state index in [2.05, 4.69) is 15.4 Å². The monoisotopic (exact) mass is 310 g/mol. The number of nitrogens with one attached hydrogen (secondary N) is 1. The number of benzene rings is 1. The fourth-order valence-corrected chi connectivity index (χ4v) is 2.22. The Kier molecular flexibility index (Phi) is 3.40. The van der Waals surface area contributed by atoms with E-state index in [1.165, 1.54) is 0 Å². The Morgan fingerprint density at radius 3 is 2.77 bits per heavy atom. The molecule has 0 spiro atoms. The summed E-state index contributed by atoms with van der Waals surface area (Å²) in [6.45, 7) is 1.15. The van der Waals surface area contributed by atoms with Crippen molar-refractivity contribution in [3.63, 3.8) is 0 Å². The third-order valence-corrected chi connectivity index (χ3v) is 3.27. The second kappa shape index (κ2) is 5.13. The highest BCUT2D eigenvalue weighted by atomic mass is 19.4. The van der Waals surface area contributed by atoms with Crippen LogP contribution in [-0.4, -0.2) is 38.5 Å². The smallest absolute Gasteiger partial charge is 0.382 e. The number of nitrogens with zero attached hydrogens (tertiary/aromatic N) is 3. The summed E-state index contributed by atoms with van der Waals surface area (Å²) in [7, 11) is 0. The summed E-state index contributed by atoms with van der Waals surface area (Å²) in [5, 5.41) is 16.6. The number of aromatic nitrogens is 3. The van der Waals surface area contributed by atoms with E-state index in [9.17, 15) is 13.2 Å². The minimum Gasteiger partial charge on any atom is -0.382 e. The molecule has 0 bridgehead atoms. The molecule has 0 radical (unpaired) electrons. The van der Waals surface area contributed by atoms with Gasteiger partial charge in [-0.15, -0.1) is 0 Å². The van der Waals surface area contributed by atoms with Crippen molar-refractivity contribution in [3.05, 3.63) is 36.0 Å². The fraction of sp³-hybridized carbons (Fsp3) is 0.286. The van der Waals surface area contributed by atoms with Crippen molar-refractivity contribution in [2.45, 2.75) is 19.2 Å². The zero-order chi connectivity index (χ0) is 15.9. The number of alkyl halides is 3. The van der Waals surface area contributed by atoms with Crippen LogP contribution in [0.2, 0.25) is 0 Å². The Morgan fingerprint density at radius 2 is 2.05 bits per heavy atom. The van der Waals surface area contributed by atoms with Crippen molar-refractivity contribution in [3.8, 4) is 0 Å². The lowest BCUT2D eigenvalue weighted by molar-refractivity contribution is -0.198. The van der Waals surface area contributed by atoms with Gasteiger partial charge < -0.3 is 10.4 Å². The summed E-state index contributed by atoms with van der Waals surface area (Å²) in [6.07, 6.45) is -7.11. The highest BCUT2D eigenvalue weighted by Gasteiger charge is 2.38. The molecule has 3 rings (SSSR count). The van der Waals surface area contributed by atoms with Gasteiger partial charge in [-0.05, 0) is 19.1 Å². The van der Waals surface area contributed by atoms with Crippen LogP contribution in [0, 0.1) is 6.92 Å². The van der Waals surface area contributed by atoms with Gasteiger partial charge in [0.1, 0.15) is 5.82 Å². The van der Waals surface area contributed by atoms with E-state index in [1.54, 1.807) is 22.7 Å². The highest BCUT2D eigenvalue weighted by molar-refractivity contribution is 5.91. The van der Waals surface area contributed by atoms with Gasteiger partial charge in [0.25, 0.3) is 0 Å². The van der Waals surface area contributed by atoms with Crippen molar-refractivity contribution in [1.29, 1.82) is 0 Å². The van der Waals surface area contributed by atoms with Gasteiger partial charge in [0.05, 0.1) is 17.8 Å². The van der Waals surface area contributed by atoms with Crippen molar-refractivity contribution in [2.24, 2.45) is 0 Å². The van der Waals surface area contributed by atoms with E-state index in [0.29, 0.717) is 11.0 Å². The molecule has 2 heterocycles. The predicted octanol–water partition coefficient (Wildman–Crippen LogP) is 2.53. The molecule has 0 saturated carbocycles. The summed E-state index contributed by atoms with van der Waals surface area (Å²) in [5.41, 5.74) is 2.01. The van der Waals surface area contributed by atoms with Crippen molar-refractivity contribution >= 4 is 22.4 Å². The predicted molar refractivity (Wildman–Crippen MR) is 75.8 cm³/mol. The molecule has 0 unspecified atom stereocenters. The lowest BCUT2D eigenvalue weighted by atomic mass is 10.2. The topological polar surface area (TPSA) is 62.5 Å². The molecular formula is C14H13F3N4O. The lowest BCUT2D eigenvalue weighted by Crippen LogP contribution is -2.35. The molecule has 5 nitrogen and oxygen atoms in total. The zero-order valence-corrected chi connectivity index (χ0v) is 11.6. The Bertz CT molecular complexity index is 828. The SMILES string of the molecule is Cc1cc2nc(NC[C@@H](O)C(F)(F)F)c3ccccc3n2n1. The van der Waals surface area contributed by atoms with E-state index in [4.69, 9.17) is 5.11 Å². The van der Waals surface area contributed by atoms with E-state index in [-0.39, 0.29) is 5.82 Å². The molecule has 1 aromatic carbocycles. The van der Waals surface area contributed by atoms with E-state index in [1.807, 2.05) is 19.1 Å². The second-order valence-corrected chi connectivity index (χ2v) is 4.97. The quantitative estimate of drug-likeness (QED) is 0.780. The molecule has 0 aliphatic rings. The van der Waals surface area contributed by atoms with Crippen LogP contribution in [0.4, 0.5) is 19.0 Å². The number of anilines is 1. The van der Waals surface area contributed by atoms with E-state index in [0.717, 1.165) is 11.2 Å². The maximum atomic E-state index is 12.4. The van der Waals surface area contributed by atoms with E-state index >= 15 is 0 Å². The first-order valence-corrected chi connectivity index (χ1v) is 6.60. The second-order valence-electron chi connectivity index (χ2n) is 4.97. The maximum absolute atomic E-state index is 12.4. The minimum atomic E-state index is -4.67. The first kappa shape index (κ1) is 14.6. The third-order valence-electron chi connectivity index (χ3n) is 3.27. The number of aliphatic hydroxyl groups is 1. The molecule has 0 amide bonds. The Balaban J connectivity index is 2.04. The van der Waals surface area contributed by atoms with E-state index < -0.39 is 18.8 Å². The molecule has 3 aromatic rings. The lowest BCUT2D eigenvalue weighted by Gasteiger charge is -2.16. The van der Waals surface area contributed by atoms with Crippen molar-refractivity contribution in [2.75, 3.05) is 11.9 Å². The zero-order valence-electron chi connectivity index (χ0n) is 11.6. The Morgan fingerprint density at radius 1 is 1.32 bits per heavy atom. The summed E-state index contributed by atoms with van der Waals surface area (Å²) < 4.78 is 38.8. The van der Waals surface area contributed by atoms with Gasteiger partial charge >= 0.3 is 6.18 Å². The first-order valence-electron chi connectivity index (χ1n) is 6.60. The van der Waals surface area contributed by atoms with Crippen LogP contribution in [-0.2, 0) is 0 Å². The Labute approximate surface area is 123 Å². The van der Waals surface area contributed by atoms with Crippen LogP contribution >= 0.6 is 0 Å².